The van der Waals surface area contributed by atoms with Gasteiger partial charge in [0.15, 0.2) is 5.11 Å². The Morgan fingerprint density at radius 3 is 2.50 bits per heavy atom. The lowest BCUT2D eigenvalue weighted by Crippen LogP contribution is -2.34. The molecule has 0 bridgehead atoms. The molecule has 8 heteroatoms. The smallest absolute Gasteiger partial charge is 0.258 e. The third-order valence-electron chi connectivity index (χ3n) is 4.27. The molecule has 28 heavy (non-hydrogen) atoms. The molecule has 1 amide bonds. The van der Waals surface area contributed by atoms with Crippen LogP contribution in [-0.4, -0.2) is 21.2 Å². The Morgan fingerprint density at radius 2 is 1.86 bits per heavy atom. The van der Waals surface area contributed by atoms with Crippen molar-refractivity contribution < 1.29 is 4.79 Å². The summed E-state index contributed by atoms with van der Waals surface area (Å²) in [6.07, 6.45) is 0.795. The Hall–Kier alpha value is -2.41. The van der Waals surface area contributed by atoms with Crippen LogP contribution in [0.15, 0.2) is 42.5 Å². The van der Waals surface area contributed by atoms with Gasteiger partial charge in [-0.3, -0.25) is 15.2 Å². The number of nitrogens with one attached hydrogen (secondary N) is 3. The minimum absolute atomic E-state index is 0.176. The van der Waals surface area contributed by atoms with Crippen LogP contribution in [0.3, 0.4) is 0 Å². The van der Waals surface area contributed by atoms with Gasteiger partial charge in [-0.05, 0) is 62.0 Å². The highest BCUT2D eigenvalue weighted by atomic mass is 35.5. The van der Waals surface area contributed by atoms with Crippen molar-refractivity contribution in [1.29, 1.82) is 0 Å². The zero-order valence-corrected chi connectivity index (χ0v) is 17.6. The molecule has 0 fully saturated rings. The highest BCUT2D eigenvalue weighted by Gasteiger charge is 2.13. The number of thiocarbonyl (C=S) groups is 1. The Bertz CT molecular complexity index is 1010. The van der Waals surface area contributed by atoms with Crippen LogP contribution in [0, 0.1) is 13.8 Å². The first kappa shape index (κ1) is 20.3. The van der Waals surface area contributed by atoms with Crippen LogP contribution >= 0.6 is 35.4 Å². The average Bonchev–Trinajstić information content (AvgIpc) is 2.97. The predicted molar refractivity (Wildman–Crippen MR) is 117 cm³/mol. The molecule has 1 heterocycles. The molecule has 0 atom stereocenters. The summed E-state index contributed by atoms with van der Waals surface area (Å²) < 4.78 is 0. The van der Waals surface area contributed by atoms with Gasteiger partial charge < -0.3 is 5.32 Å². The van der Waals surface area contributed by atoms with E-state index in [1.54, 1.807) is 12.1 Å². The summed E-state index contributed by atoms with van der Waals surface area (Å²) in [5, 5.41) is 13.7. The number of nitrogens with zero attached hydrogens (tertiary/aromatic N) is 1. The molecular weight excluding hydrogens is 415 g/mol. The van der Waals surface area contributed by atoms with E-state index in [1.807, 2.05) is 38.1 Å². The van der Waals surface area contributed by atoms with E-state index in [2.05, 4.69) is 20.8 Å². The van der Waals surface area contributed by atoms with Crippen molar-refractivity contribution in [3.05, 3.63) is 80.6 Å². The molecule has 0 unspecified atom stereocenters. The molecule has 0 radical (unpaired) electrons. The van der Waals surface area contributed by atoms with Crippen molar-refractivity contribution in [2.45, 2.75) is 20.3 Å². The number of hydrogen-bond acceptors (Lipinski definition) is 3. The van der Waals surface area contributed by atoms with E-state index in [1.165, 1.54) is 11.6 Å². The van der Waals surface area contributed by atoms with Crippen LogP contribution in [0.2, 0.25) is 10.0 Å². The van der Waals surface area contributed by atoms with Crippen molar-refractivity contribution in [2.24, 2.45) is 0 Å². The molecule has 144 valence electrons. The number of aromatic nitrogens is 2. The van der Waals surface area contributed by atoms with Crippen LogP contribution in [0.1, 0.15) is 32.9 Å². The normalized spacial score (nSPS) is 10.6. The number of amides is 1. The lowest BCUT2D eigenvalue weighted by molar-refractivity contribution is 0.0978. The second-order valence-corrected chi connectivity index (χ2v) is 7.57. The topological polar surface area (TPSA) is 69.8 Å². The molecule has 0 aliphatic carbocycles. The number of benzene rings is 2. The Morgan fingerprint density at radius 1 is 1.14 bits per heavy atom. The van der Waals surface area contributed by atoms with Crippen molar-refractivity contribution in [1.82, 2.24) is 15.5 Å². The van der Waals surface area contributed by atoms with Gasteiger partial charge >= 0.3 is 0 Å². The molecule has 0 spiro atoms. The maximum absolute atomic E-state index is 12.3. The Balaban J connectivity index is 1.61. The third kappa shape index (κ3) is 4.90. The van der Waals surface area contributed by atoms with Crippen LogP contribution in [-0.2, 0) is 6.42 Å². The standard InChI is InChI=1S/C20H18Cl2N4OS/c1-11-16(12(2)26-25-11)9-13-3-6-15(7-4-13)23-20(28)24-19(27)17-10-14(21)5-8-18(17)22/h3-8,10H,9H2,1-2H3,(H,25,26)(H2,23,24,27,28). The van der Waals surface area contributed by atoms with Crippen LogP contribution in [0.5, 0.6) is 0 Å². The Labute approximate surface area is 178 Å². The van der Waals surface area contributed by atoms with Gasteiger partial charge in [0.2, 0.25) is 0 Å². The van der Waals surface area contributed by atoms with Crippen LogP contribution in [0.25, 0.3) is 0 Å². The van der Waals surface area contributed by atoms with Crippen molar-refractivity contribution in [3.63, 3.8) is 0 Å². The number of H-pyrrole nitrogens is 1. The molecule has 1 aromatic heterocycles. The molecule has 5 nitrogen and oxygen atoms in total. The van der Waals surface area contributed by atoms with E-state index in [0.29, 0.717) is 10.0 Å². The second-order valence-electron chi connectivity index (χ2n) is 6.32. The highest BCUT2D eigenvalue weighted by Crippen LogP contribution is 2.21. The van der Waals surface area contributed by atoms with E-state index in [9.17, 15) is 4.79 Å². The molecule has 0 aliphatic rings. The van der Waals surface area contributed by atoms with Crippen LogP contribution < -0.4 is 10.6 Å². The fraction of sp³-hybridized carbons (Fsp3) is 0.150. The molecule has 3 N–H and O–H groups in total. The predicted octanol–water partition coefficient (Wildman–Crippen LogP) is 5.05. The number of hydrogen-bond donors (Lipinski definition) is 3. The van der Waals surface area contributed by atoms with Gasteiger partial charge in [-0.2, -0.15) is 5.10 Å². The number of carbonyl (C=O) groups is 1. The molecule has 2 aromatic carbocycles. The van der Waals surface area contributed by atoms with Gasteiger partial charge in [0, 0.05) is 28.4 Å². The summed E-state index contributed by atoms with van der Waals surface area (Å²) in [6.45, 7) is 4.00. The Kier molecular flexibility index (Phi) is 6.34. The fourth-order valence-corrected chi connectivity index (χ4v) is 3.33. The van der Waals surface area contributed by atoms with Gasteiger partial charge in [0.05, 0.1) is 16.3 Å². The minimum atomic E-state index is -0.424. The molecule has 0 saturated carbocycles. The summed E-state index contributed by atoms with van der Waals surface area (Å²) in [5.74, 6) is -0.424. The molecule has 0 saturated heterocycles. The molecule has 0 aliphatic heterocycles. The monoisotopic (exact) mass is 432 g/mol. The lowest BCUT2D eigenvalue weighted by Gasteiger charge is -2.11. The van der Waals surface area contributed by atoms with E-state index in [0.717, 1.165) is 29.1 Å². The summed E-state index contributed by atoms with van der Waals surface area (Å²) >= 11 is 17.2. The zero-order valence-electron chi connectivity index (χ0n) is 15.3. The van der Waals surface area contributed by atoms with Gasteiger partial charge in [-0.15, -0.1) is 0 Å². The molecular formula is C20H18Cl2N4OS. The van der Waals surface area contributed by atoms with Gasteiger partial charge in [0.25, 0.3) is 5.91 Å². The van der Waals surface area contributed by atoms with Crippen molar-refractivity contribution in [3.8, 4) is 0 Å². The van der Waals surface area contributed by atoms with Crippen LogP contribution in [0.4, 0.5) is 5.69 Å². The maximum Gasteiger partial charge on any atom is 0.258 e. The zero-order chi connectivity index (χ0) is 20.3. The molecule has 3 aromatic rings. The van der Waals surface area contributed by atoms with Crippen molar-refractivity contribution >= 4 is 52.1 Å². The summed E-state index contributed by atoms with van der Waals surface area (Å²) in [4.78, 5) is 12.3. The first-order chi connectivity index (χ1) is 13.3. The fourth-order valence-electron chi connectivity index (χ4n) is 2.75. The van der Waals surface area contributed by atoms with Gasteiger partial charge in [0.1, 0.15) is 0 Å². The summed E-state index contributed by atoms with van der Waals surface area (Å²) in [5.41, 5.74) is 5.46. The number of halogens is 2. The first-order valence-electron chi connectivity index (χ1n) is 8.50. The average molecular weight is 433 g/mol. The van der Waals surface area contributed by atoms with E-state index >= 15 is 0 Å². The van der Waals surface area contributed by atoms with E-state index < -0.39 is 5.91 Å². The van der Waals surface area contributed by atoms with E-state index in [4.69, 9.17) is 35.4 Å². The molecule has 3 rings (SSSR count). The largest absolute Gasteiger partial charge is 0.332 e. The SMILES string of the molecule is Cc1n[nH]c(C)c1Cc1ccc(NC(=S)NC(=O)c2cc(Cl)ccc2Cl)cc1. The highest BCUT2D eigenvalue weighted by molar-refractivity contribution is 7.80. The van der Waals surface area contributed by atoms with E-state index in [-0.39, 0.29) is 10.7 Å². The number of rotatable bonds is 4. The summed E-state index contributed by atoms with van der Waals surface area (Å²) in [7, 11) is 0. The quantitative estimate of drug-likeness (QED) is 0.504. The number of aryl methyl sites for hydroxylation is 2. The second kappa shape index (κ2) is 8.73. The van der Waals surface area contributed by atoms with Crippen molar-refractivity contribution in [2.75, 3.05) is 5.32 Å². The minimum Gasteiger partial charge on any atom is -0.332 e. The number of aromatic amines is 1. The van der Waals surface area contributed by atoms with Gasteiger partial charge in [-0.1, -0.05) is 35.3 Å². The first-order valence-corrected chi connectivity index (χ1v) is 9.66. The number of carbonyl (C=O) groups excluding carboxylic acids is 1. The lowest BCUT2D eigenvalue weighted by atomic mass is 10.0. The number of anilines is 1. The summed E-state index contributed by atoms with van der Waals surface area (Å²) in [6, 6.07) is 12.5. The van der Waals surface area contributed by atoms with Gasteiger partial charge in [-0.25, -0.2) is 0 Å². The maximum atomic E-state index is 12.3. The third-order valence-corrected chi connectivity index (χ3v) is 5.04.